The number of furan rings is 1. The molecule has 11 heavy (non-hydrogen) atoms. The summed E-state index contributed by atoms with van der Waals surface area (Å²) >= 11 is 4.43. The Morgan fingerprint density at radius 1 is 1.73 bits per heavy atom. The number of aryl methyl sites for hydroxylation is 2. The molecule has 0 amide bonds. The van der Waals surface area contributed by atoms with Gasteiger partial charge in [0.1, 0.15) is 5.76 Å². The lowest BCUT2D eigenvalue weighted by Gasteiger charge is -2.01. The van der Waals surface area contributed by atoms with Crippen molar-refractivity contribution < 1.29 is 9.21 Å². The van der Waals surface area contributed by atoms with Crippen LogP contribution in [0.1, 0.15) is 17.7 Å². The highest BCUT2D eigenvalue weighted by Crippen LogP contribution is 2.10. The molecule has 0 saturated heterocycles. The van der Waals surface area contributed by atoms with Crippen molar-refractivity contribution in [1.29, 1.82) is 0 Å². The molecule has 0 atom stereocenters. The first kappa shape index (κ1) is 8.27. The van der Waals surface area contributed by atoms with Gasteiger partial charge in [0.05, 0.1) is 6.26 Å². The van der Waals surface area contributed by atoms with E-state index in [-0.39, 0.29) is 5.12 Å². The highest BCUT2D eigenvalue weighted by molar-refractivity contribution is 7.77. The van der Waals surface area contributed by atoms with Crippen LogP contribution in [0.25, 0.3) is 0 Å². The van der Waals surface area contributed by atoms with Crippen LogP contribution < -0.4 is 0 Å². The van der Waals surface area contributed by atoms with Crippen molar-refractivity contribution in [3.05, 3.63) is 23.7 Å². The van der Waals surface area contributed by atoms with Gasteiger partial charge in [-0.25, -0.2) is 0 Å². The van der Waals surface area contributed by atoms with Crippen molar-refractivity contribution in [3.8, 4) is 0 Å². The van der Waals surface area contributed by atoms with Crippen LogP contribution in [0, 0.1) is 6.92 Å². The quantitative estimate of drug-likeness (QED) is 0.644. The van der Waals surface area contributed by atoms with E-state index in [1.165, 1.54) is 0 Å². The number of rotatable bonds is 3. The first-order valence-electron chi connectivity index (χ1n) is 3.43. The minimum atomic E-state index is -0.189. The van der Waals surface area contributed by atoms with E-state index >= 15 is 0 Å². The molecule has 1 rings (SSSR count). The van der Waals surface area contributed by atoms with Crippen LogP contribution in [0.2, 0.25) is 0 Å². The Labute approximate surface area is 71.0 Å². The lowest BCUT2D eigenvalue weighted by molar-refractivity contribution is -0.110. The molecular weight excluding hydrogens is 160 g/mol. The van der Waals surface area contributed by atoms with E-state index in [4.69, 9.17) is 4.42 Å². The third-order valence-electron chi connectivity index (χ3n) is 1.56. The molecule has 0 unspecified atom stereocenters. The van der Waals surface area contributed by atoms with Crippen LogP contribution in [-0.4, -0.2) is 5.12 Å². The molecular formula is C8H9O2S-. The van der Waals surface area contributed by atoms with E-state index < -0.39 is 0 Å². The summed E-state index contributed by atoms with van der Waals surface area (Å²) in [4.78, 5) is 10.4. The van der Waals surface area contributed by atoms with Gasteiger partial charge in [-0.05, 0) is 31.4 Å². The number of carbonyl (C=O) groups excluding carboxylic acids is 1. The van der Waals surface area contributed by atoms with Gasteiger partial charge in [-0.15, -0.1) is 0 Å². The van der Waals surface area contributed by atoms with Crippen molar-refractivity contribution in [2.24, 2.45) is 0 Å². The molecule has 0 radical (unpaired) electrons. The van der Waals surface area contributed by atoms with E-state index in [1.54, 1.807) is 6.26 Å². The van der Waals surface area contributed by atoms with E-state index in [1.807, 2.05) is 13.0 Å². The average Bonchev–Trinajstić information content (AvgIpc) is 2.31. The lowest BCUT2D eigenvalue weighted by atomic mass is 10.1. The summed E-state index contributed by atoms with van der Waals surface area (Å²) in [6, 6.07) is 1.87. The van der Waals surface area contributed by atoms with Gasteiger partial charge in [0, 0.05) is 5.12 Å². The van der Waals surface area contributed by atoms with Crippen LogP contribution in [0.15, 0.2) is 16.7 Å². The largest absolute Gasteiger partial charge is 0.742 e. The molecule has 0 aliphatic carbocycles. The maximum absolute atomic E-state index is 10.4. The Hall–Kier alpha value is -0.830. The number of hydrogen-bond acceptors (Lipinski definition) is 3. The Morgan fingerprint density at radius 2 is 2.45 bits per heavy atom. The fraction of sp³-hybridized carbons (Fsp3) is 0.375. The van der Waals surface area contributed by atoms with E-state index in [9.17, 15) is 4.79 Å². The third-order valence-corrected chi connectivity index (χ3v) is 1.77. The van der Waals surface area contributed by atoms with E-state index in [0.29, 0.717) is 12.8 Å². The molecule has 2 nitrogen and oxygen atoms in total. The normalized spacial score (nSPS) is 9.91. The van der Waals surface area contributed by atoms with Crippen molar-refractivity contribution in [1.82, 2.24) is 0 Å². The minimum absolute atomic E-state index is 0.189. The average molecular weight is 169 g/mol. The molecule has 1 heterocycles. The maximum Gasteiger partial charge on any atom is 0.103 e. The van der Waals surface area contributed by atoms with E-state index in [0.717, 1.165) is 11.3 Å². The second kappa shape index (κ2) is 3.53. The fourth-order valence-electron chi connectivity index (χ4n) is 0.907. The maximum atomic E-state index is 10.4. The van der Waals surface area contributed by atoms with Gasteiger partial charge in [0.2, 0.25) is 0 Å². The van der Waals surface area contributed by atoms with Gasteiger partial charge in [0.25, 0.3) is 0 Å². The Bertz CT molecular complexity index is 252. The summed E-state index contributed by atoms with van der Waals surface area (Å²) in [6.07, 6.45) is 2.75. The first-order chi connectivity index (χ1) is 5.20. The summed E-state index contributed by atoms with van der Waals surface area (Å²) in [6.45, 7) is 1.88. The molecule has 0 aliphatic rings. The molecule has 1 aromatic heterocycles. The summed E-state index contributed by atoms with van der Waals surface area (Å²) in [7, 11) is 0. The Balaban J connectivity index is 2.51. The van der Waals surface area contributed by atoms with Gasteiger partial charge in [-0.2, -0.15) is 0 Å². The molecule has 0 spiro atoms. The SMILES string of the molecule is Cc1occc1CCC(=O)[S-]. The van der Waals surface area contributed by atoms with E-state index in [2.05, 4.69) is 12.6 Å². The molecule has 0 saturated carbocycles. The van der Waals surface area contributed by atoms with Crippen molar-refractivity contribution >= 4 is 17.7 Å². The Morgan fingerprint density at radius 3 is 2.91 bits per heavy atom. The topological polar surface area (TPSA) is 30.2 Å². The first-order valence-corrected chi connectivity index (χ1v) is 3.84. The molecule has 0 N–H and O–H groups in total. The second-order valence-electron chi connectivity index (χ2n) is 2.37. The van der Waals surface area contributed by atoms with Gasteiger partial charge in [-0.3, -0.25) is 0 Å². The van der Waals surface area contributed by atoms with Crippen molar-refractivity contribution in [2.45, 2.75) is 19.8 Å². The van der Waals surface area contributed by atoms with Gasteiger partial charge in [-0.1, -0.05) is 0 Å². The van der Waals surface area contributed by atoms with Crippen LogP contribution in [0.3, 0.4) is 0 Å². The zero-order valence-corrected chi connectivity index (χ0v) is 7.11. The zero-order valence-electron chi connectivity index (χ0n) is 6.29. The van der Waals surface area contributed by atoms with Gasteiger partial charge < -0.3 is 21.8 Å². The van der Waals surface area contributed by atoms with Crippen LogP contribution in [0.4, 0.5) is 0 Å². The van der Waals surface area contributed by atoms with Crippen LogP contribution in [0.5, 0.6) is 0 Å². The highest BCUT2D eigenvalue weighted by atomic mass is 32.1. The van der Waals surface area contributed by atoms with Gasteiger partial charge in [0.15, 0.2) is 0 Å². The van der Waals surface area contributed by atoms with Crippen LogP contribution >= 0.6 is 0 Å². The Kier molecular flexibility index (Phi) is 2.65. The molecule has 3 heteroatoms. The summed E-state index contributed by atoms with van der Waals surface area (Å²) in [5.74, 6) is 0.876. The fourth-order valence-corrected chi connectivity index (χ4v) is 1.01. The van der Waals surface area contributed by atoms with Crippen molar-refractivity contribution in [2.75, 3.05) is 0 Å². The van der Waals surface area contributed by atoms with Gasteiger partial charge >= 0.3 is 0 Å². The molecule has 1 aromatic rings. The standard InChI is InChI=1S/C8H10O2S/c1-6-7(4-5-10-6)2-3-8(9)11/h4-5H,2-3H2,1H3,(H,9,11)/p-1. The third kappa shape index (κ3) is 2.35. The predicted molar refractivity (Wildman–Crippen MR) is 44.1 cm³/mol. The monoisotopic (exact) mass is 169 g/mol. The summed E-state index contributed by atoms with van der Waals surface area (Å²) in [5, 5.41) is -0.189. The molecule has 0 aromatic carbocycles. The minimum Gasteiger partial charge on any atom is -0.742 e. The zero-order chi connectivity index (χ0) is 8.27. The smallest absolute Gasteiger partial charge is 0.103 e. The lowest BCUT2D eigenvalue weighted by Crippen LogP contribution is -1.94. The molecule has 0 fully saturated rings. The van der Waals surface area contributed by atoms with Crippen LogP contribution in [-0.2, 0) is 23.8 Å². The molecule has 60 valence electrons. The molecule has 0 aliphatic heterocycles. The summed E-state index contributed by atoms with van der Waals surface area (Å²) in [5.41, 5.74) is 1.07. The van der Waals surface area contributed by atoms with Crippen molar-refractivity contribution in [3.63, 3.8) is 0 Å². The highest BCUT2D eigenvalue weighted by Gasteiger charge is 1.99. The molecule has 0 bridgehead atoms. The number of hydrogen-bond donors (Lipinski definition) is 0. The predicted octanol–water partition coefficient (Wildman–Crippen LogP) is 1.59. The summed E-state index contributed by atoms with van der Waals surface area (Å²) < 4.78 is 5.05. The number of carbonyl (C=O) groups is 1. The second-order valence-corrected chi connectivity index (χ2v) is 2.83.